The average molecular weight is 693 g/mol. The van der Waals surface area contributed by atoms with Gasteiger partial charge in [-0.3, -0.25) is 0 Å². The van der Waals surface area contributed by atoms with Crippen LogP contribution in [0.1, 0.15) is 0 Å². The lowest BCUT2D eigenvalue weighted by Crippen LogP contribution is -1.97. The lowest BCUT2D eigenvalue weighted by Gasteiger charge is -2.15. The minimum Gasteiger partial charge on any atom is -0.228 e. The van der Waals surface area contributed by atoms with Crippen molar-refractivity contribution < 1.29 is 0 Å². The molecule has 0 amide bonds. The molecule has 0 unspecified atom stereocenters. The van der Waals surface area contributed by atoms with Crippen LogP contribution in [-0.4, -0.2) is 9.97 Å². The SMILES string of the molecule is c1ccc(-c2cccc(-c3cc(-c4cc(-c5ccccc5)cc(-c5cc6ccccc6c6sc7ccccc7c56)c4)nc(-c4ccccc4)n3)c2)cc1. The van der Waals surface area contributed by atoms with E-state index < -0.39 is 0 Å². The molecule has 2 nitrogen and oxygen atoms in total. The van der Waals surface area contributed by atoms with Crippen molar-refractivity contribution in [3.63, 3.8) is 0 Å². The van der Waals surface area contributed by atoms with Gasteiger partial charge in [-0.1, -0.05) is 152 Å². The zero-order valence-electron chi connectivity index (χ0n) is 28.8. The molecule has 3 heteroatoms. The summed E-state index contributed by atoms with van der Waals surface area (Å²) in [4.78, 5) is 10.5. The summed E-state index contributed by atoms with van der Waals surface area (Å²) in [6.45, 7) is 0. The number of nitrogens with zero attached hydrogens (tertiary/aromatic N) is 2. The minimum absolute atomic E-state index is 0.701. The first-order valence-electron chi connectivity index (χ1n) is 17.9. The summed E-state index contributed by atoms with van der Waals surface area (Å²) >= 11 is 1.88. The Bertz CT molecular complexity index is 2930. The highest BCUT2D eigenvalue weighted by Gasteiger charge is 2.18. The second-order valence-corrected chi connectivity index (χ2v) is 14.4. The van der Waals surface area contributed by atoms with E-state index in [1.807, 2.05) is 29.5 Å². The van der Waals surface area contributed by atoms with Crippen LogP contribution in [0.4, 0.5) is 0 Å². The average Bonchev–Trinajstić information content (AvgIpc) is 3.64. The molecule has 0 N–H and O–H groups in total. The molecule has 0 atom stereocenters. The van der Waals surface area contributed by atoms with Gasteiger partial charge in [0.15, 0.2) is 5.82 Å². The fraction of sp³-hybridized carbons (Fsp3) is 0. The third-order valence-corrected chi connectivity index (χ3v) is 11.2. The molecule has 0 aliphatic carbocycles. The molecule has 0 bridgehead atoms. The third kappa shape index (κ3) is 5.78. The molecule has 8 aromatic carbocycles. The minimum atomic E-state index is 0.701. The molecule has 2 aromatic heterocycles. The number of hydrogen-bond acceptors (Lipinski definition) is 3. The molecule has 0 spiro atoms. The zero-order valence-corrected chi connectivity index (χ0v) is 29.6. The highest BCUT2D eigenvalue weighted by Crippen LogP contribution is 2.45. The predicted octanol–water partition coefficient (Wildman–Crippen LogP) is 14.0. The van der Waals surface area contributed by atoms with E-state index in [0.717, 1.165) is 50.3 Å². The molecule has 0 radical (unpaired) electrons. The van der Waals surface area contributed by atoms with E-state index in [1.165, 1.54) is 42.1 Å². The molecular weight excluding hydrogens is 661 g/mol. The molecule has 2 heterocycles. The molecule has 10 rings (SSSR count). The summed E-state index contributed by atoms with van der Waals surface area (Å²) in [5.74, 6) is 0.701. The van der Waals surface area contributed by atoms with Crippen LogP contribution in [0.25, 0.3) is 98.2 Å². The van der Waals surface area contributed by atoms with E-state index in [0.29, 0.717) is 5.82 Å². The van der Waals surface area contributed by atoms with E-state index in [1.54, 1.807) is 0 Å². The molecule has 0 aliphatic heterocycles. The van der Waals surface area contributed by atoms with Crippen LogP contribution in [0.2, 0.25) is 0 Å². The van der Waals surface area contributed by atoms with Gasteiger partial charge in [0.2, 0.25) is 0 Å². The predicted molar refractivity (Wildman–Crippen MR) is 225 cm³/mol. The number of fused-ring (bicyclic) bond motifs is 5. The van der Waals surface area contributed by atoms with Crippen LogP contribution >= 0.6 is 11.3 Å². The number of hydrogen-bond donors (Lipinski definition) is 0. The largest absolute Gasteiger partial charge is 0.228 e. The highest BCUT2D eigenvalue weighted by molar-refractivity contribution is 7.26. The smallest absolute Gasteiger partial charge is 0.160 e. The Morgan fingerprint density at radius 1 is 0.340 bits per heavy atom. The lowest BCUT2D eigenvalue weighted by molar-refractivity contribution is 1.18. The Morgan fingerprint density at radius 2 is 0.868 bits per heavy atom. The maximum absolute atomic E-state index is 5.29. The molecule has 10 aromatic rings. The Kier molecular flexibility index (Phi) is 7.71. The van der Waals surface area contributed by atoms with Crippen molar-refractivity contribution in [2.75, 3.05) is 0 Å². The molecule has 0 saturated heterocycles. The topological polar surface area (TPSA) is 25.8 Å². The van der Waals surface area contributed by atoms with E-state index in [-0.39, 0.29) is 0 Å². The van der Waals surface area contributed by atoms with Gasteiger partial charge in [0.05, 0.1) is 11.4 Å². The summed E-state index contributed by atoms with van der Waals surface area (Å²) in [6, 6.07) is 69.2. The normalized spacial score (nSPS) is 11.4. The van der Waals surface area contributed by atoms with Crippen molar-refractivity contribution in [3.8, 4) is 67.3 Å². The van der Waals surface area contributed by atoms with Crippen molar-refractivity contribution in [2.24, 2.45) is 0 Å². The van der Waals surface area contributed by atoms with E-state index in [2.05, 4.69) is 176 Å². The van der Waals surface area contributed by atoms with Crippen LogP contribution in [-0.2, 0) is 0 Å². The quantitative estimate of drug-likeness (QED) is 0.173. The van der Waals surface area contributed by atoms with Crippen LogP contribution in [0.15, 0.2) is 194 Å². The fourth-order valence-corrected chi connectivity index (χ4v) is 8.73. The third-order valence-electron chi connectivity index (χ3n) is 10.0. The number of thiophene rings is 1. The second-order valence-electron chi connectivity index (χ2n) is 13.4. The fourth-order valence-electron chi connectivity index (χ4n) is 7.46. The van der Waals surface area contributed by atoms with Crippen molar-refractivity contribution in [1.82, 2.24) is 9.97 Å². The Hall–Kier alpha value is -6.68. The Morgan fingerprint density at radius 3 is 1.62 bits per heavy atom. The van der Waals surface area contributed by atoms with Gasteiger partial charge < -0.3 is 0 Å². The van der Waals surface area contributed by atoms with Gasteiger partial charge >= 0.3 is 0 Å². The maximum atomic E-state index is 5.29. The highest BCUT2D eigenvalue weighted by atomic mass is 32.1. The van der Waals surface area contributed by atoms with Crippen molar-refractivity contribution in [2.45, 2.75) is 0 Å². The van der Waals surface area contributed by atoms with Gasteiger partial charge in [-0.05, 0) is 86.6 Å². The van der Waals surface area contributed by atoms with Gasteiger partial charge in [0.25, 0.3) is 0 Å². The van der Waals surface area contributed by atoms with E-state index in [4.69, 9.17) is 9.97 Å². The molecule has 53 heavy (non-hydrogen) atoms. The lowest BCUT2D eigenvalue weighted by atomic mass is 9.91. The summed E-state index contributed by atoms with van der Waals surface area (Å²) < 4.78 is 2.62. The second kappa shape index (κ2) is 13.1. The van der Waals surface area contributed by atoms with E-state index in [9.17, 15) is 0 Å². The summed E-state index contributed by atoms with van der Waals surface area (Å²) in [5, 5.41) is 5.11. The summed E-state index contributed by atoms with van der Waals surface area (Å²) in [7, 11) is 0. The number of aromatic nitrogens is 2. The van der Waals surface area contributed by atoms with Crippen molar-refractivity contribution in [3.05, 3.63) is 194 Å². The molecule has 0 saturated carbocycles. The van der Waals surface area contributed by atoms with Gasteiger partial charge in [-0.15, -0.1) is 11.3 Å². The van der Waals surface area contributed by atoms with Crippen LogP contribution in [0.3, 0.4) is 0 Å². The van der Waals surface area contributed by atoms with Gasteiger partial charge in [0, 0.05) is 36.9 Å². The first-order chi connectivity index (χ1) is 26.2. The van der Waals surface area contributed by atoms with Gasteiger partial charge in [-0.25, -0.2) is 9.97 Å². The van der Waals surface area contributed by atoms with Crippen molar-refractivity contribution in [1.29, 1.82) is 0 Å². The monoisotopic (exact) mass is 692 g/mol. The summed E-state index contributed by atoms with van der Waals surface area (Å²) in [5.41, 5.74) is 11.9. The van der Waals surface area contributed by atoms with Crippen LogP contribution in [0, 0.1) is 0 Å². The summed E-state index contributed by atoms with van der Waals surface area (Å²) in [6.07, 6.45) is 0. The van der Waals surface area contributed by atoms with Crippen LogP contribution in [0.5, 0.6) is 0 Å². The molecule has 0 fully saturated rings. The molecular formula is C50H32N2S. The Labute approximate surface area is 312 Å². The number of rotatable bonds is 6. The maximum Gasteiger partial charge on any atom is 0.160 e. The van der Waals surface area contributed by atoms with Crippen molar-refractivity contribution >= 4 is 42.3 Å². The Balaban J connectivity index is 1.24. The first kappa shape index (κ1) is 31.1. The van der Waals surface area contributed by atoms with Gasteiger partial charge in [0.1, 0.15) is 0 Å². The molecule has 248 valence electrons. The van der Waals surface area contributed by atoms with E-state index >= 15 is 0 Å². The van der Waals surface area contributed by atoms with Gasteiger partial charge in [-0.2, -0.15) is 0 Å². The molecule has 0 aliphatic rings. The zero-order chi connectivity index (χ0) is 35.1. The first-order valence-corrected chi connectivity index (χ1v) is 18.7. The number of benzene rings is 8. The van der Waals surface area contributed by atoms with Crippen LogP contribution < -0.4 is 0 Å². The standard InChI is InChI=1S/C50H32N2S/c1-4-15-33(16-5-1)36-22-14-23-38(27-36)45-32-46(52-50(51-45)35-19-8-3-9-20-35)41-29-39(34-17-6-2-7-18-34)28-40(30-41)44-31-37-21-10-11-24-42(37)49-48(44)43-25-12-13-26-47(43)53-49/h1-32H.